The van der Waals surface area contributed by atoms with Gasteiger partial charge in [0.1, 0.15) is 0 Å². The molecule has 0 N–H and O–H groups in total. The molecule has 0 atom stereocenters. The van der Waals surface area contributed by atoms with Crippen molar-refractivity contribution in [1.29, 1.82) is 0 Å². The van der Waals surface area contributed by atoms with E-state index in [4.69, 9.17) is 0 Å². The summed E-state index contributed by atoms with van der Waals surface area (Å²) in [5.41, 5.74) is 3.21. The Morgan fingerprint density at radius 3 is 2.81 bits per heavy atom. The van der Waals surface area contributed by atoms with Gasteiger partial charge < -0.3 is 0 Å². The van der Waals surface area contributed by atoms with Gasteiger partial charge >= 0.3 is 0 Å². The van der Waals surface area contributed by atoms with E-state index in [9.17, 15) is 0 Å². The zero-order valence-corrected chi connectivity index (χ0v) is 9.58. The van der Waals surface area contributed by atoms with Crippen LogP contribution in [-0.2, 0) is 0 Å². The van der Waals surface area contributed by atoms with E-state index in [-0.39, 0.29) is 0 Å². The van der Waals surface area contributed by atoms with Crippen molar-refractivity contribution in [1.82, 2.24) is 9.97 Å². The lowest BCUT2D eigenvalue weighted by Gasteiger charge is -2.00. The van der Waals surface area contributed by atoms with Gasteiger partial charge in [0.15, 0.2) is 0 Å². The molecule has 2 nitrogen and oxygen atoms in total. The van der Waals surface area contributed by atoms with Crippen LogP contribution in [0.1, 0.15) is 5.01 Å². The zero-order chi connectivity index (χ0) is 11.0. The van der Waals surface area contributed by atoms with Crippen LogP contribution < -0.4 is 0 Å². The molecule has 3 rings (SSSR count). The predicted octanol–water partition coefficient (Wildman–Crippen LogP) is 3.47. The molecular formula is C13H9N2S. The number of aromatic nitrogens is 2. The van der Waals surface area contributed by atoms with Gasteiger partial charge in [0.05, 0.1) is 15.2 Å². The van der Waals surface area contributed by atoms with Crippen molar-refractivity contribution in [3.8, 4) is 11.1 Å². The summed E-state index contributed by atoms with van der Waals surface area (Å²) in [5.74, 6) is 0. The van der Waals surface area contributed by atoms with Crippen LogP contribution in [0.4, 0.5) is 0 Å². The van der Waals surface area contributed by atoms with Gasteiger partial charge in [0, 0.05) is 18.0 Å². The average Bonchev–Trinajstić information content (AvgIpc) is 2.70. The van der Waals surface area contributed by atoms with Crippen molar-refractivity contribution in [2.75, 3.05) is 0 Å². The number of pyridine rings is 1. The molecule has 0 spiro atoms. The van der Waals surface area contributed by atoms with Crippen molar-refractivity contribution in [2.45, 2.75) is 6.92 Å². The van der Waals surface area contributed by atoms with Gasteiger partial charge in [-0.25, -0.2) is 4.98 Å². The van der Waals surface area contributed by atoms with Gasteiger partial charge in [0.25, 0.3) is 0 Å². The lowest BCUT2D eigenvalue weighted by atomic mass is 10.1. The molecule has 2 heterocycles. The Kier molecular flexibility index (Phi) is 2.18. The molecule has 0 aliphatic rings. The highest BCUT2D eigenvalue weighted by atomic mass is 32.1. The molecule has 3 heteroatoms. The van der Waals surface area contributed by atoms with Crippen LogP contribution in [0.2, 0.25) is 0 Å². The molecule has 0 fully saturated rings. The number of hydrogen-bond donors (Lipinski definition) is 0. The van der Waals surface area contributed by atoms with Crippen LogP contribution in [0.5, 0.6) is 0 Å². The Morgan fingerprint density at radius 1 is 1.19 bits per heavy atom. The van der Waals surface area contributed by atoms with Gasteiger partial charge in [-0.15, -0.1) is 11.3 Å². The van der Waals surface area contributed by atoms with E-state index >= 15 is 0 Å². The Labute approximate surface area is 97.6 Å². The number of hydrogen-bond acceptors (Lipinski definition) is 3. The van der Waals surface area contributed by atoms with Crippen LogP contribution in [-0.4, -0.2) is 9.97 Å². The molecule has 0 saturated carbocycles. The quantitative estimate of drug-likeness (QED) is 0.633. The lowest BCUT2D eigenvalue weighted by molar-refractivity contribution is 1.32. The van der Waals surface area contributed by atoms with Crippen LogP contribution in [0, 0.1) is 13.0 Å². The van der Waals surface area contributed by atoms with Gasteiger partial charge in [0.2, 0.25) is 0 Å². The maximum Gasteiger partial charge on any atom is 0.0908 e. The molecule has 0 unspecified atom stereocenters. The molecule has 0 saturated heterocycles. The third-order valence-corrected chi connectivity index (χ3v) is 3.36. The summed E-state index contributed by atoms with van der Waals surface area (Å²) in [6.45, 7) is 2.03. The van der Waals surface area contributed by atoms with Gasteiger partial charge in [-0.2, -0.15) is 0 Å². The first-order chi connectivity index (χ1) is 7.84. The predicted molar refractivity (Wildman–Crippen MR) is 66.4 cm³/mol. The third kappa shape index (κ3) is 1.49. The Hall–Kier alpha value is -1.74. The van der Waals surface area contributed by atoms with E-state index in [0.29, 0.717) is 0 Å². The van der Waals surface area contributed by atoms with E-state index in [1.165, 1.54) is 4.70 Å². The number of rotatable bonds is 1. The first-order valence-electron chi connectivity index (χ1n) is 5.03. The second kappa shape index (κ2) is 3.68. The summed E-state index contributed by atoms with van der Waals surface area (Å²) in [6, 6.07) is 11.2. The molecule has 0 aliphatic heterocycles. The van der Waals surface area contributed by atoms with Crippen LogP contribution >= 0.6 is 11.3 Å². The summed E-state index contributed by atoms with van der Waals surface area (Å²) in [7, 11) is 0. The zero-order valence-electron chi connectivity index (χ0n) is 8.77. The van der Waals surface area contributed by atoms with Gasteiger partial charge in [-0.1, -0.05) is 6.07 Å². The Morgan fingerprint density at radius 2 is 2.00 bits per heavy atom. The highest BCUT2D eigenvalue weighted by Gasteiger charge is 2.07. The van der Waals surface area contributed by atoms with Gasteiger partial charge in [-0.05, 0) is 36.8 Å². The molecule has 77 valence electrons. The molecule has 0 bridgehead atoms. The average molecular weight is 225 g/mol. The van der Waals surface area contributed by atoms with E-state index in [1.54, 1.807) is 23.7 Å². The van der Waals surface area contributed by atoms with Gasteiger partial charge in [-0.3, -0.25) is 4.98 Å². The lowest BCUT2D eigenvalue weighted by Crippen LogP contribution is -1.81. The fourth-order valence-corrected chi connectivity index (χ4v) is 2.58. The topological polar surface area (TPSA) is 25.8 Å². The first kappa shape index (κ1) is 9.48. The fraction of sp³-hybridized carbons (Fsp3) is 0.0769. The highest BCUT2D eigenvalue weighted by molar-refractivity contribution is 7.18. The number of thiazole rings is 1. The SMILES string of the molecule is Cc1nc2c(-c3ccncc3)[c]ccc2s1. The second-order valence-corrected chi connectivity index (χ2v) is 4.77. The van der Waals surface area contributed by atoms with Crippen LogP contribution in [0.15, 0.2) is 36.7 Å². The standard InChI is InChI=1S/C13H9N2S/c1-9-15-13-11(3-2-4-12(13)16-9)10-5-7-14-8-6-10/h2,4-8H,1H3. The smallest absolute Gasteiger partial charge is 0.0908 e. The minimum Gasteiger partial charge on any atom is -0.265 e. The maximum atomic E-state index is 4.56. The van der Waals surface area contributed by atoms with E-state index in [1.807, 2.05) is 25.1 Å². The summed E-state index contributed by atoms with van der Waals surface area (Å²) in [6.07, 6.45) is 3.59. The number of fused-ring (bicyclic) bond motifs is 1. The monoisotopic (exact) mass is 225 g/mol. The van der Waals surface area contributed by atoms with E-state index in [0.717, 1.165) is 21.7 Å². The van der Waals surface area contributed by atoms with E-state index < -0.39 is 0 Å². The number of nitrogens with zero attached hydrogens (tertiary/aromatic N) is 2. The van der Waals surface area contributed by atoms with Crippen molar-refractivity contribution in [3.05, 3.63) is 47.7 Å². The Bertz CT molecular complexity index is 629. The Balaban J connectivity index is 2.31. The molecule has 1 radical (unpaired) electrons. The molecule has 0 amide bonds. The largest absolute Gasteiger partial charge is 0.265 e. The summed E-state index contributed by atoms with van der Waals surface area (Å²) in [4.78, 5) is 8.58. The summed E-state index contributed by atoms with van der Waals surface area (Å²) in [5, 5.41) is 1.09. The summed E-state index contributed by atoms with van der Waals surface area (Å²) < 4.78 is 1.21. The molecule has 16 heavy (non-hydrogen) atoms. The first-order valence-corrected chi connectivity index (χ1v) is 5.84. The third-order valence-electron chi connectivity index (χ3n) is 2.43. The number of benzene rings is 1. The fourth-order valence-electron chi connectivity index (χ4n) is 1.74. The second-order valence-electron chi connectivity index (χ2n) is 3.53. The minimum atomic E-state index is 1.04. The maximum absolute atomic E-state index is 4.56. The van der Waals surface area contributed by atoms with Crippen molar-refractivity contribution in [2.24, 2.45) is 0 Å². The normalized spacial score (nSPS) is 10.8. The molecule has 2 aromatic heterocycles. The van der Waals surface area contributed by atoms with Crippen molar-refractivity contribution in [3.63, 3.8) is 0 Å². The molecular weight excluding hydrogens is 216 g/mol. The van der Waals surface area contributed by atoms with Crippen molar-refractivity contribution < 1.29 is 0 Å². The number of aryl methyl sites for hydroxylation is 1. The van der Waals surface area contributed by atoms with E-state index in [2.05, 4.69) is 22.1 Å². The van der Waals surface area contributed by atoms with Crippen LogP contribution in [0.3, 0.4) is 0 Å². The minimum absolute atomic E-state index is 1.04. The highest BCUT2D eigenvalue weighted by Crippen LogP contribution is 2.30. The molecule has 3 aromatic rings. The molecule has 0 aliphatic carbocycles. The van der Waals surface area contributed by atoms with Crippen LogP contribution in [0.25, 0.3) is 21.3 Å². The van der Waals surface area contributed by atoms with Crippen molar-refractivity contribution >= 4 is 21.6 Å². The molecule has 1 aromatic carbocycles. The summed E-state index contributed by atoms with van der Waals surface area (Å²) >= 11 is 1.71.